The summed E-state index contributed by atoms with van der Waals surface area (Å²) in [6, 6.07) is 4.95. The summed E-state index contributed by atoms with van der Waals surface area (Å²) in [7, 11) is 0. The quantitative estimate of drug-likeness (QED) is 0.839. The van der Waals surface area contributed by atoms with Gasteiger partial charge in [0.15, 0.2) is 0 Å². The van der Waals surface area contributed by atoms with Crippen molar-refractivity contribution in [1.82, 2.24) is 29.8 Å². The number of aryl methyl sites for hydroxylation is 1. The molecule has 0 aliphatic carbocycles. The van der Waals surface area contributed by atoms with E-state index < -0.39 is 0 Å². The summed E-state index contributed by atoms with van der Waals surface area (Å²) in [5.41, 5.74) is 1.28. The van der Waals surface area contributed by atoms with Crippen molar-refractivity contribution >= 4 is 5.91 Å². The lowest BCUT2D eigenvalue weighted by Crippen LogP contribution is -2.49. The van der Waals surface area contributed by atoms with Crippen molar-refractivity contribution in [3.05, 3.63) is 46.1 Å². The number of rotatable bonds is 4. The van der Waals surface area contributed by atoms with Gasteiger partial charge in [0.25, 0.3) is 11.5 Å². The number of hydrogen-bond donors (Lipinski definition) is 1. The first-order valence-electron chi connectivity index (χ1n) is 7.69. The lowest BCUT2D eigenvalue weighted by molar-refractivity contribution is 0.0625. The van der Waals surface area contributed by atoms with Crippen LogP contribution in [0.2, 0.25) is 0 Å². The molecule has 0 unspecified atom stereocenters. The summed E-state index contributed by atoms with van der Waals surface area (Å²) < 4.78 is 1.50. The van der Waals surface area contributed by atoms with Crippen LogP contribution in [0.3, 0.4) is 0 Å². The summed E-state index contributed by atoms with van der Waals surface area (Å²) >= 11 is 0. The van der Waals surface area contributed by atoms with Gasteiger partial charge in [-0.25, -0.2) is 4.68 Å². The summed E-state index contributed by atoms with van der Waals surface area (Å²) in [6.45, 7) is 6.12. The van der Waals surface area contributed by atoms with Crippen LogP contribution >= 0.6 is 0 Å². The molecule has 1 N–H and O–H groups in total. The maximum atomic E-state index is 12.2. The Balaban J connectivity index is 1.50. The van der Waals surface area contributed by atoms with E-state index in [9.17, 15) is 9.59 Å². The topological polar surface area (TPSA) is 87.1 Å². The Morgan fingerprint density at radius 1 is 1.17 bits per heavy atom. The standard InChI is InChI=1S/C15H20N6O2/c1-12-2-3-14(22)21(18-12)11-8-19-6-9-20(10-7-19)15(23)13-4-5-16-17-13/h2-5H,6-11H2,1H3,(H,16,17). The van der Waals surface area contributed by atoms with Crippen LogP contribution in [0.5, 0.6) is 0 Å². The number of piperazine rings is 1. The van der Waals surface area contributed by atoms with Gasteiger partial charge in [0.2, 0.25) is 0 Å². The van der Waals surface area contributed by atoms with Crippen LogP contribution < -0.4 is 5.56 Å². The van der Waals surface area contributed by atoms with Crippen molar-refractivity contribution in [3.63, 3.8) is 0 Å². The minimum Gasteiger partial charge on any atom is -0.335 e. The molecule has 0 spiro atoms. The average Bonchev–Trinajstić information content (AvgIpc) is 3.10. The minimum absolute atomic E-state index is 0.0151. The number of carbonyl (C=O) groups is 1. The van der Waals surface area contributed by atoms with Crippen molar-refractivity contribution in [2.75, 3.05) is 32.7 Å². The molecule has 2 aromatic heterocycles. The molecule has 3 heterocycles. The number of H-pyrrole nitrogens is 1. The van der Waals surface area contributed by atoms with Crippen LogP contribution in [0.1, 0.15) is 16.2 Å². The molecule has 0 bridgehead atoms. The highest BCUT2D eigenvalue weighted by Gasteiger charge is 2.22. The van der Waals surface area contributed by atoms with Crippen LogP contribution in [0, 0.1) is 6.92 Å². The maximum Gasteiger partial charge on any atom is 0.271 e. The van der Waals surface area contributed by atoms with Crippen LogP contribution in [-0.4, -0.2) is 68.4 Å². The Hall–Kier alpha value is -2.48. The Bertz CT molecular complexity index is 716. The smallest absolute Gasteiger partial charge is 0.271 e. The van der Waals surface area contributed by atoms with E-state index in [1.54, 1.807) is 24.4 Å². The molecule has 1 aliphatic rings. The number of aromatic amines is 1. The molecule has 122 valence electrons. The van der Waals surface area contributed by atoms with E-state index in [1.807, 2.05) is 11.8 Å². The van der Waals surface area contributed by atoms with Crippen molar-refractivity contribution < 1.29 is 4.79 Å². The van der Waals surface area contributed by atoms with Gasteiger partial charge in [-0.2, -0.15) is 10.2 Å². The number of aromatic nitrogens is 4. The lowest BCUT2D eigenvalue weighted by Gasteiger charge is -2.34. The highest BCUT2D eigenvalue weighted by Crippen LogP contribution is 2.06. The molecular weight excluding hydrogens is 296 g/mol. The van der Waals surface area contributed by atoms with Gasteiger partial charge in [0, 0.05) is 45.0 Å². The number of nitrogens with one attached hydrogen (secondary N) is 1. The van der Waals surface area contributed by atoms with Gasteiger partial charge in [-0.3, -0.25) is 19.6 Å². The fourth-order valence-corrected chi connectivity index (χ4v) is 2.67. The van der Waals surface area contributed by atoms with Gasteiger partial charge in [-0.1, -0.05) is 0 Å². The second-order valence-electron chi connectivity index (χ2n) is 5.64. The minimum atomic E-state index is -0.0799. The zero-order chi connectivity index (χ0) is 16.2. The van der Waals surface area contributed by atoms with Crippen molar-refractivity contribution in [2.24, 2.45) is 0 Å². The van der Waals surface area contributed by atoms with Gasteiger partial charge in [0.05, 0.1) is 12.2 Å². The zero-order valence-electron chi connectivity index (χ0n) is 13.1. The molecule has 8 heteroatoms. The summed E-state index contributed by atoms with van der Waals surface area (Å²) in [4.78, 5) is 28.0. The molecule has 1 fully saturated rings. The second kappa shape index (κ2) is 6.74. The predicted octanol–water partition coefficient (Wildman–Crippen LogP) is -0.267. The van der Waals surface area contributed by atoms with Crippen LogP contribution in [0.4, 0.5) is 0 Å². The fourth-order valence-electron chi connectivity index (χ4n) is 2.67. The van der Waals surface area contributed by atoms with Gasteiger partial charge >= 0.3 is 0 Å². The average molecular weight is 316 g/mol. The van der Waals surface area contributed by atoms with E-state index in [-0.39, 0.29) is 11.5 Å². The predicted molar refractivity (Wildman–Crippen MR) is 84.2 cm³/mol. The van der Waals surface area contributed by atoms with Gasteiger partial charge < -0.3 is 4.90 Å². The van der Waals surface area contributed by atoms with Crippen LogP contribution in [0.25, 0.3) is 0 Å². The molecule has 0 radical (unpaired) electrons. The Kier molecular flexibility index (Phi) is 4.52. The van der Waals surface area contributed by atoms with E-state index in [0.29, 0.717) is 25.3 Å². The molecule has 0 saturated carbocycles. The molecule has 2 aromatic rings. The summed E-state index contributed by atoms with van der Waals surface area (Å²) in [6.07, 6.45) is 1.58. The molecule has 1 aliphatic heterocycles. The summed E-state index contributed by atoms with van der Waals surface area (Å²) in [5, 5.41) is 10.7. The molecular formula is C15H20N6O2. The second-order valence-corrected chi connectivity index (χ2v) is 5.64. The monoisotopic (exact) mass is 316 g/mol. The molecule has 8 nitrogen and oxygen atoms in total. The third-order valence-corrected chi connectivity index (χ3v) is 4.02. The molecule has 3 rings (SSSR count). The third-order valence-electron chi connectivity index (χ3n) is 4.02. The molecule has 1 saturated heterocycles. The number of amides is 1. The maximum absolute atomic E-state index is 12.2. The van der Waals surface area contributed by atoms with Gasteiger partial charge in [0.1, 0.15) is 5.69 Å². The van der Waals surface area contributed by atoms with Gasteiger partial charge in [-0.05, 0) is 19.1 Å². The molecule has 1 amide bonds. The molecule has 23 heavy (non-hydrogen) atoms. The van der Waals surface area contributed by atoms with Crippen LogP contribution in [-0.2, 0) is 6.54 Å². The van der Waals surface area contributed by atoms with Crippen molar-refractivity contribution in [3.8, 4) is 0 Å². The number of hydrogen-bond acceptors (Lipinski definition) is 5. The first kappa shape index (κ1) is 15.4. The molecule has 0 aromatic carbocycles. The van der Waals surface area contributed by atoms with Crippen molar-refractivity contribution in [2.45, 2.75) is 13.5 Å². The van der Waals surface area contributed by atoms with Gasteiger partial charge in [-0.15, -0.1) is 0 Å². The number of nitrogens with zero attached hydrogens (tertiary/aromatic N) is 5. The van der Waals surface area contributed by atoms with E-state index in [1.165, 1.54) is 4.68 Å². The highest BCUT2D eigenvalue weighted by molar-refractivity contribution is 5.92. The lowest BCUT2D eigenvalue weighted by atomic mass is 10.2. The normalized spacial score (nSPS) is 15.8. The van der Waals surface area contributed by atoms with E-state index in [2.05, 4.69) is 20.2 Å². The van der Waals surface area contributed by atoms with Crippen molar-refractivity contribution in [1.29, 1.82) is 0 Å². The van der Waals surface area contributed by atoms with E-state index in [4.69, 9.17) is 0 Å². The molecule has 0 atom stereocenters. The highest BCUT2D eigenvalue weighted by atomic mass is 16.2. The largest absolute Gasteiger partial charge is 0.335 e. The zero-order valence-corrected chi connectivity index (χ0v) is 13.1. The third kappa shape index (κ3) is 3.65. The van der Waals surface area contributed by atoms with E-state index >= 15 is 0 Å². The Morgan fingerprint density at radius 3 is 2.65 bits per heavy atom. The fraction of sp³-hybridized carbons (Fsp3) is 0.467. The SMILES string of the molecule is Cc1ccc(=O)n(CCN2CCN(C(=O)c3ccn[nH]3)CC2)n1. The van der Waals surface area contributed by atoms with Crippen LogP contribution in [0.15, 0.2) is 29.2 Å². The van der Waals surface area contributed by atoms with E-state index in [0.717, 1.165) is 25.3 Å². The summed E-state index contributed by atoms with van der Waals surface area (Å²) in [5.74, 6) is -0.0151. The number of carbonyl (C=O) groups excluding carboxylic acids is 1. The first-order chi connectivity index (χ1) is 11.1. The first-order valence-corrected chi connectivity index (χ1v) is 7.69. The Labute approximate surface area is 133 Å². The Morgan fingerprint density at radius 2 is 1.96 bits per heavy atom.